The van der Waals surface area contributed by atoms with Gasteiger partial charge in [-0.15, -0.1) is 0 Å². The van der Waals surface area contributed by atoms with Crippen molar-refractivity contribution in [2.75, 3.05) is 37.6 Å². The minimum Gasteiger partial charge on any atom is -0.339 e. The van der Waals surface area contributed by atoms with E-state index >= 15 is 0 Å². The van der Waals surface area contributed by atoms with Crippen LogP contribution in [-0.4, -0.2) is 70.3 Å². The molecule has 0 spiro atoms. The molecule has 2 amide bonds. The van der Waals surface area contributed by atoms with Crippen molar-refractivity contribution < 1.29 is 9.59 Å². The first kappa shape index (κ1) is 17.6. The standard InChI is InChI=1S/C18H27N5O2/c1-3-15-6-4-5-9-23(15)17(25)16-7-8-19-18(20-16)22-12-10-21(11-13-22)14(2)24/h7-8,15H,3-6,9-13H2,1-2H3. The van der Waals surface area contributed by atoms with E-state index in [0.717, 1.165) is 25.8 Å². The average Bonchev–Trinajstić information content (AvgIpc) is 2.67. The fourth-order valence-electron chi connectivity index (χ4n) is 3.68. The maximum Gasteiger partial charge on any atom is 0.272 e. The number of piperidine rings is 1. The Kier molecular flexibility index (Phi) is 5.50. The van der Waals surface area contributed by atoms with Gasteiger partial charge < -0.3 is 14.7 Å². The second kappa shape index (κ2) is 7.80. The van der Waals surface area contributed by atoms with Gasteiger partial charge in [0.2, 0.25) is 11.9 Å². The molecule has 2 fully saturated rings. The van der Waals surface area contributed by atoms with Crippen LogP contribution in [0.1, 0.15) is 50.0 Å². The lowest BCUT2D eigenvalue weighted by Crippen LogP contribution is -2.48. The first-order valence-corrected chi connectivity index (χ1v) is 9.24. The number of amides is 2. The number of piperazine rings is 1. The van der Waals surface area contributed by atoms with Crippen LogP contribution in [0.15, 0.2) is 12.3 Å². The third-order valence-electron chi connectivity index (χ3n) is 5.23. The summed E-state index contributed by atoms with van der Waals surface area (Å²) in [6.45, 7) is 7.26. The zero-order valence-electron chi connectivity index (χ0n) is 15.1. The molecule has 136 valence electrons. The molecule has 25 heavy (non-hydrogen) atoms. The summed E-state index contributed by atoms with van der Waals surface area (Å²) in [5.74, 6) is 0.692. The minimum atomic E-state index is 0.0116. The van der Waals surface area contributed by atoms with Gasteiger partial charge in [-0.25, -0.2) is 9.97 Å². The van der Waals surface area contributed by atoms with Gasteiger partial charge in [-0.05, 0) is 31.7 Å². The van der Waals surface area contributed by atoms with Crippen molar-refractivity contribution in [2.45, 2.75) is 45.6 Å². The highest BCUT2D eigenvalue weighted by Crippen LogP contribution is 2.22. The topological polar surface area (TPSA) is 69.6 Å². The molecule has 1 atom stereocenters. The smallest absolute Gasteiger partial charge is 0.272 e. The third-order valence-corrected chi connectivity index (χ3v) is 5.23. The molecule has 2 aliphatic heterocycles. The molecular formula is C18H27N5O2. The highest BCUT2D eigenvalue weighted by Gasteiger charge is 2.28. The van der Waals surface area contributed by atoms with E-state index in [0.29, 0.717) is 43.9 Å². The van der Waals surface area contributed by atoms with E-state index in [1.807, 2.05) is 14.7 Å². The summed E-state index contributed by atoms with van der Waals surface area (Å²) in [5, 5.41) is 0. The Labute approximate surface area is 149 Å². The normalized spacial score (nSPS) is 21.4. The van der Waals surface area contributed by atoms with Crippen LogP contribution in [-0.2, 0) is 4.79 Å². The highest BCUT2D eigenvalue weighted by molar-refractivity contribution is 5.92. The summed E-state index contributed by atoms with van der Waals surface area (Å²) < 4.78 is 0. The van der Waals surface area contributed by atoms with Gasteiger partial charge in [0.05, 0.1) is 0 Å². The molecule has 0 aromatic carbocycles. The van der Waals surface area contributed by atoms with Crippen molar-refractivity contribution in [3.05, 3.63) is 18.0 Å². The highest BCUT2D eigenvalue weighted by atomic mass is 16.2. The number of likely N-dealkylation sites (tertiary alicyclic amines) is 1. The summed E-state index contributed by atoms with van der Waals surface area (Å²) in [4.78, 5) is 39.1. The first-order chi connectivity index (χ1) is 12.1. The predicted octanol–water partition coefficient (Wildman–Crippen LogP) is 1.55. The van der Waals surface area contributed by atoms with Gasteiger partial charge >= 0.3 is 0 Å². The fourth-order valence-corrected chi connectivity index (χ4v) is 3.68. The van der Waals surface area contributed by atoms with Crippen LogP contribution in [0.3, 0.4) is 0 Å². The summed E-state index contributed by atoms with van der Waals surface area (Å²) >= 11 is 0. The lowest BCUT2D eigenvalue weighted by atomic mass is 9.99. The molecule has 7 nitrogen and oxygen atoms in total. The van der Waals surface area contributed by atoms with E-state index in [1.54, 1.807) is 19.2 Å². The average molecular weight is 345 g/mol. The number of nitrogens with zero attached hydrogens (tertiary/aromatic N) is 5. The molecule has 1 unspecified atom stereocenters. The molecule has 2 aliphatic rings. The maximum atomic E-state index is 12.9. The number of carbonyl (C=O) groups excluding carboxylic acids is 2. The van der Waals surface area contributed by atoms with Gasteiger partial charge in [0.15, 0.2) is 0 Å². The second-order valence-corrected chi connectivity index (χ2v) is 6.79. The molecule has 0 aliphatic carbocycles. The Balaban J connectivity index is 1.71. The van der Waals surface area contributed by atoms with Crippen LogP contribution in [0.25, 0.3) is 0 Å². The predicted molar refractivity (Wildman–Crippen MR) is 95.5 cm³/mol. The number of aromatic nitrogens is 2. The van der Waals surface area contributed by atoms with Crippen LogP contribution in [0.2, 0.25) is 0 Å². The van der Waals surface area contributed by atoms with E-state index in [2.05, 4.69) is 16.9 Å². The Hall–Kier alpha value is -2.18. The van der Waals surface area contributed by atoms with E-state index in [9.17, 15) is 9.59 Å². The molecule has 3 rings (SSSR count). The lowest BCUT2D eigenvalue weighted by molar-refractivity contribution is -0.129. The van der Waals surface area contributed by atoms with Crippen molar-refractivity contribution >= 4 is 17.8 Å². The zero-order chi connectivity index (χ0) is 17.8. The molecule has 1 aromatic heterocycles. The molecule has 3 heterocycles. The van der Waals surface area contributed by atoms with Crippen molar-refractivity contribution in [3.63, 3.8) is 0 Å². The number of hydrogen-bond acceptors (Lipinski definition) is 5. The molecule has 0 N–H and O–H groups in total. The van der Waals surface area contributed by atoms with Crippen molar-refractivity contribution in [3.8, 4) is 0 Å². The van der Waals surface area contributed by atoms with Crippen LogP contribution in [0, 0.1) is 0 Å². The van der Waals surface area contributed by atoms with E-state index < -0.39 is 0 Å². The summed E-state index contributed by atoms with van der Waals surface area (Å²) in [7, 11) is 0. The molecule has 0 saturated carbocycles. The minimum absolute atomic E-state index is 0.0116. The van der Waals surface area contributed by atoms with Crippen molar-refractivity contribution in [2.24, 2.45) is 0 Å². The molecule has 1 aromatic rings. The third kappa shape index (κ3) is 3.91. The number of rotatable bonds is 3. The zero-order valence-corrected chi connectivity index (χ0v) is 15.1. The Morgan fingerprint density at radius 1 is 1.16 bits per heavy atom. The second-order valence-electron chi connectivity index (χ2n) is 6.79. The monoisotopic (exact) mass is 345 g/mol. The molecule has 7 heteroatoms. The summed E-state index contributed by atoms with van der Waals surface area (Å²) in [6, 6.07) is 2.03. The molecular weight excluding hydrogens is 318 g/mol. The van der Waals surface area contributed by atoms with E-state index in [-0.39, 0.29) is 11.8 Å². The molecule has 0 bridgehead atoms. The summed E-state index contributed by atoms with van der Waals surface area (Å²) in [5.41, 5.74) is 0.472. The summed E-state index contributed by atoms with van der Waals surface area (Å²) in [6.07, 6.45) is 5.98. The van der Waals surface area contributed by atoms with Gasteiger partial charge in [0.25, 0.3) is 5.91 Å². The van der Waals surface area contributed by atoms with E-state index in [4.69, 9.17) is 0 Å². The van der Waals surface area contributed by atoms with Crippen molar-refractivity contribution in [1.29, 1.82) is 0 Å². The van der Waals surface area contributed by atoms with Crippen molar-refractivity contribution in [1.82, 2.24) is 19.8 Å². The molecule has 0 radical (unpaired) electrons. The van der Waals surface area contributed by atoms with Crippen LogP contribution in [0.5, 0.6) is 0 Å². The maximum absolute atomic E-state index is 12.9. The SMILES string of the molecule is CCC1CCCCN1C(=O)c1ccnc(N2CCN(C(C)=O)CC2)n1. The quantitative estimate of drug-likeness (QED) is 0.831. The van der Waals surface area contributed by atoms with Crippen LogP contribution < -0.4 is 4.90 Å². The molecule has 2 saturated heterocycles. The van der Waals surface area contributed by atoms with Gasteiger partial charge in [-0.2, -0.15) is 0 Å². The van der Waals surface area contributed by atoms with Gasteiger partial charge in [-0.1, -0.05) is 6.92 Å². The van der Waals surface area contributed by atoms with Gasteiger partial charge in [-0.3, -0.25) is 9.59 Å². The van der Waals surface area contributed by atoms with Gasteiger partial charge in [0, 0.05) is 51.9 Å². The van der Waals surface area contributed by atoms with Crippen LogP contribution in [0.4, 0.5) is 5.95 Å². The number of carbonyl (C=O) groups is 2. The van der Waals surface area contributed by atoms with E-state index in [1.165, 1.54) is 6.42 Å². The van der Waals surface area contributed by atoms with Crippen LogP contribution >= 0.6 is 0 Å². The lowest BCUT2D eigenvalue weighted by Gasteiger charge is -2.36. The van der Waals surface area contributed by atoms with Gasteiger partial charge in [0.1, 0.15) is 5.69 Å². The fraction of sp³-hybridized carbons (Fsp3) is 0.667. The first-order valence-electron chi connectivity index (χ1n) is 9.24. The Morgan fingerprint density at radius 2 is 1.92 bits per heavy atom. The largest absolute Gasteiger partial charge is 0.339 e. The Bertz CT molecular complexity index is 628. The number of anilines is 1. The number of hydrogen-bond donors (Lipinski definition) is 0. The Morgan fingerprint density at radius 3 is 2.60 bits per heavy atom.